The van der Waals surface area contributed by atoms with Gasteiger partial charge in [0.15, 0.2) is 0 Å². The van der Waals surface area contributed by atoms with E-state index in [1.165, 1.54) is 31.2 Å². The highest BCUT2D eigenvalue weighted by molar-refractivity contribution is 5.30. The van der Waals surface area contributed by atoms with Gasteiger partial charge in [0.1, 0.15) is 5.75 Å². The summed E-state index contributed by atoms with van der Waals surface area (Å²) in [7, 11) is 3.30. The molecule has 0 atom stereocenters. The van der Waals surface area contributed by atoms with E-state index in [1.54, 1.807) is 19.8 Å². The molecule has 0 unspecified atom stereocenters. The first kappa shape index (κ1) is 24.7. The van der Waals surface area contributed by atoms with Crippen LogP contribution in [-0.4, -0.2) is 20.3 Å². The van der Waals surface area contributed by atoms with Gasteiger partial charge in [-0.1, -0.05) is 58.1 Å². The second-order valence-corrected chi connectivity index (χ2v) is 9.21. The van der Waals surface area contributed by atoms with Crippen molar-refractivity contribution in [3.05, 3.63) is 53.6 Å². The Morgan fingerprint density at radius 1 is 0.833 bits per heavy atom. The molecule has 0 N–H and O–H groups in total. The van der Waals surface area contributed by atoms with Crippen LogP contribution in [0.15, 0.2) is 48.1 Å². The van der Waals surface area contributed by atoms with Crippen LogP contribution in [-0.2, 0) is 9.78 Å². The molecule has 0 amide bonds. The normalized spacial score (nSPS) is 21.4. The molecule has 0 spiro atoms. The summed E-state index contributed by atoms with van der Waals surface area (Å²) in [6.07, 6.45) is 14.5. The van der Waals surface area contributed by atoms with Gasteiger partial charge in [0, 0.05) is 0 Å². The summed E-state index contributed by atoms with van der Waals surface area (Å²) in [4.78, 5) is 9.91. The molecule has 168 valence electrons. The number of methoxy groups -OCH3 is 1. The molecule has 2 aliphatic rings. The average Bonchev–Trinajstić information content (AvgIpc) is 2.76. The van der Waals surface area contributed by atoms with Crippen molar-refractivity contribution >= 4 is 0 Å². The molecule has 1 aromatic carbocycles. The van der Waals surface area contributed by atoms with Crippen LogP contribution in [0, 0.1) is 17.8 Å². The van der Waals surface area contributed by atoms with E-state index in [-0.39, 0.29) is 0 Å². The third-order valence-electron chi connectivity index (χ3n) is 6.34. The molecular weight excluding hydrogens is 372 g/mol. The average molecular weight is 415 g/mol. The van der Waals surface area contributed by atoms with Crippen LogP contribution >= 0.6 is 0 Å². The maximum atomic E-state index is 5.18. The third-order valence-corrected chi connectivity index (χ3v) is 6.34. The zero-order valence-electron chi connectivity index (χ0n) is 19.9. The Morgan fingerprint density at radius 3 is 1.93 bits per heavy atom. The molecule has 1 aromatic rings. The largest absolute Gasteiger partial charge is 0.497 e. The van der Waals surface area contributed by atoms with Crippen molar-refractivity contribution in [3.63, 3.8) is 0 Å². The SMILES string of the molecule is COOC1CCC(C2=CCCC=C2)CC1.COc1ccc(C(C(C)C)C(C)C)cc1. The summed E-state index contributed by atoms with van der Waals surface area (Å²) in [6.45, 7) is 9.15. The minimum absolute atomic E-state index is 0.319. The van der Waals surface area contributed by atoms with Gasteiger partial charge in [-0.15, -0.1) is 0 Å². The van der Waals surface area contributed by atoms with Crippen LogP contribution in [0.5, 0.6) is 5.75 Å². The molecule has 30 heavy (non-hydrogen) atoms. The molecule has 0 aliphatic heterocycles. The Kier molecular flexibility index (Phi) is 10.7. The van der Waals surface area contributed by atoms with Crippen LogP contribution in [0.2, 0.25) is 0 Å². The zero-order chi connectivity index (χ0) is 21.9. The quantitative estimate of drug-likeness (QED) is 0.342. The Morgan fingerprint density at radius 2 is 1.47 bits per heavy atom. The molecule has 0 heterocycles. The Labute approximate surface area is 184 Å². The van der Waals surface area contributed by atoms with E-state index in [4.69, 9.17) is 14.5 Å². The molecule has 0 radical (unpaired) electrons. The Balaban J connectivity index is 0.000000214. The number of ether oxygens (including phenoxy) is 1. The van der Waals surface area contributed by atoms with E-state index in [0.717, 1.165) is 24.5 Å². The van der Waals surface area contributed by atoms with Crippen LogP contribution < -0.4 is 4.74 Å². The highest BCUT2D eigenvalue weighted by atomic mass is 17.2. The fourth-order valence-electron chi connectivity index (χ4n) is 4.93. The molecule has 3 heteroatoms. The van der Waals surface area contributed by atoms with Crippen molar-refractivity contribution in [2.75, 3.05) is 14.2 Å². The molecule has 0 saturated heterocycles. The van der Waals surface area contributed by atoms with Crippen molar-refractivity contribution in [1.29, 1.82) is 0 Å². The molecule has 0 aromatic heterocycles. The first-order valence-electron chi connectivity index (χ1n) is 11.7. The highest BCUT2D eigenvalue weighted by Crippen LogP contribution is 2.34. The summed E-state index contributed by atoms with van der Waals surface area (Å²) >= 11 is 0. The van der Waals surface area contributed by atoms with Crippen LogP contribution in [0.1, 0.15) is 77.7 Å². The van der Waals surface area contributed by atoms with Gasteiger partial charge < -0.3 is 4.74 Å². The number of rotatable bonds is 7. The molecule has 3 rings (SSSR count). The monoisotopic (exact) mass is 414 g/mol. The minimum Gasteiger partial charge on any atom is -0.497 e. The van der Waals surface area contributed by atoms with Crippen molar-refractivity contribution in [2.24, 2.45) is 17.8 Å². The van der Waals surface area contributed by atoms with Gasteiger partial charge in [-0.2, -0.15) is 0 Å². The maximum absolute atomic E-state index is 5.18. The van der Waals surface area contributed by atoms with Crippen LogP contribution in [0.3, 0.4) is 0 Å². The lowest BCUT2D eigenvalue weighted by Crippen LogP contribution is -2.22. The van der Waals surface area contributed by atoms with Gasteiger partial charge in [-0.25, -0.2) is 9.78 Å². The first-order valence-corrected chi connectivity index (χ1v) is 11.7. The molecule has 2 aliphatic carbocycles. The van der Waals surface area contributed by atoms with Gasteiger partial charge in [0.05, 0.1) is 20.3 Å². The molecule has 1 saturated carbocycles. The van der Waals surface area contributed by atoms with Crippen molar-refractivity contribution in [1.82, 2.24) is 0 Å². The number of benzene rings is 1. The first-order chi connectivity index (χ1) is 14.5. The predicted octanol–water partition coefficient (Wildman–Crippen LogP) is 7.49. The summed E-state index contributed by atoms with van der Waals surface area (Å²) in [5, 5.41) is 0. The lowest BCUT2D eigenvalue weighted by atomic mass is 9.80. The molecule has 1 fully saturated rings. The predicted molar refractivity (Wildman–Crippen MR) is 126 cm³/mol. The lowest BCUT2D eigenvalue weighted by molar-refractivity contribution is -0.309. The minimum atomic E-state index is 0.319. The van der Waals surface area contributed by atoms with E-state index >= 15 is 0 Å². The number of hydrogen-bond donors (Lipinski definition) is 0. The highest BCUT2D eigenvalue weighted by Gasteiger charge is 2.24. The van der Waals surface area contributed by atoms with E-state index < -0.39 is 0 Å². The van der Waals surface area contributed by atoms with E-state index in [2.05, 4.69) is 58.1 Å². The fourth-order valence-corrected chi connectivity index (χ4v) is 4.93. The van der Waals surface area contributed by atoms with Crippen molar-refractivity contribution < 1.29 is 14.5 Å². The molecule has 3 nitrogen and oxygen atoms in total. The summed E-state index contributed by atoms with van der Waals surface area (Å²) in [5.74, 6) is 3.69. The van der Waals surface area contributed by atoms with Crippen molar-refractivity contribution in [3.8, 4) is 5.75 Å². The van der Waals surface area contributed by atoms with Crippen LogP contribution in [0.4, 0.5) is 0 Å². The maximum Gasteiger partial charge on any atom is 0.118 e. The number of hydrogen-bond acceptors (Lipinski definition) is 3. The van der Waals surface area contributed by atoms with Gasteiger partial charge in [0.2, 0.25) is 0 Å². The van der Waals surface area contributed by atoms with Crippen molar-refractivity contribution in [2.45, 2.75) is 78.2 Å². The lowest BCUT2D eigenvalue weighted by Gasteiger charge is -2.28. The third kappa shape index (κ3) is 7.59. The van der Waals surface area contributed by atoms with Gasteiger partial charge in [0.25, 0.3) is 0 Å². The molecular formula is C27H42O3. The summed E-state index contributed by atoms with van der Waals surface area (Å²) < 4.78 is 5.17. The number of allylic oxidation sites excluding steroid dienone is 4. The molecule has 0 bridgehead atoms. The Bertz CT molecular complexity index is 641. The van der Waals surface area contributed by atoms with Crippen LogP contribution in [0.25, 0.3) is 0 Å². The Hall–Kier alpha value is -1.58. The second-order valence-electron chi connectivity index (χ2n) is 9.21. The summed E-state index contributed by atoms with van der Waals surface area (Å²) in [5.41, 5.74) is 2.97. The van der Waals surface area contributed by atoms with Gasteiger partial charge in [-0.05, 0) is 85.5 Å². The fraction of sp³-hybridized carbons (Fsp3) is 0.630. The zero-order valence-corrected chi connectivity index (χ0v) is 19.9. The van der Waals surface area contributed by atoms with E-state index in [1.807, 2.05) is 12.1 Å². The van der Waals surface area contributed by atoms with E-state index in [9.17, 15) is 0 Å². The standard InChI is InChI=1S/C14H22O.C13H20O2/c1-10(2)14(11(3)4)12-6-8-13(15-5)9-7-12;1-14-15-13-9-7-12(8-10-13)11-5-3-2-4-6-11/h6-11,14H,1-5H3;3,5-6,12-13H,2,4,7-10H2,1H3. The van der Waals surface area contributed by atoms with Gasteiger partial charge in [-0.3, -0.25) is 0 Å². The van der Waals surface area contributed by atoms with E-state index in [0.29, 0.717) is 23.9 Å². The second kappa shape index (κ2) is 13.0. The topological polar surface area (TPSA) is 27.7 Å². The summed E-state index contributed by atoms with van der Waals surface area (Å²) in [6, 6.07) is 8.47. The smallest absolute Gasteiger partial charge is 0.118 e. The van der Waals surface area contributed by atoms with Gasteiger partial charge >= 0.3 is 0 Å².